The number of rotatable bonds is 2. The molecule has 2 aromatic heterocycles. The summed E-state index contributed by atoms with van der Waals surface area (Å²) in [5, 5.41) is 6.54. The first-order valence-electron chi connectivity index (χ1n) is 7.43. The fourth-order valence-electron chi connectivity index (χ4n) is 3.08. The molecule has 1 atom stereocenters. The summed E-state index contributed by atoms with van der Waals surface area (Å²) in [5.74, 6) is 0.485. The van der Waals surface area contributed by atoms with Crippen LogP contribution in [0.2, 0.25) is 0 Å². The normalized spacial score (nSPS) is 17.5. The maximum atomic E-state index is 12.4. The van der Waals surface area contributed by atoms with Gasteiger partial charge >= 0.3 is 0 Å². The molecule has 0 radical (unpaired) electrons. The topological polar surface area (TPSA) is 34.9 Å². The van der Waals surface area contributed by atoms with Crippen molar-refractivity contribution in [3.05, 3.63) is 69.7 Å². The van der Waals surface area contributed by atoms with E-state index in [9.17, 15) is 4.79 Å². The second-order valence-electron chi connectivity index (χ2n) is 5.80. The van der Waals surface area contributed by atoms with Gasteiger partial charge in [0, 0.05) is 17.2 Å². The van der Waals surface area contributed by atoms with E-state index in [1.165, 1.54) is 10.4 Å². The van der Waals surface area contributed by atoms with Gasteiger partial charge in [0.05, 0.1) is 23.1 Å². The number of ketones is 1. The van der Waals surface area contributed by atoms with Gasteiger partial charge in [-0.25, -0.2) is 4.68 Å². The van der Waals surface area contributed by atoms with Crippen LogP contribution in [0.4, 0.5) is 0 Å². The SMILES string of the molecule is Cc1ccc(-n2ncc3c2C[C@H](c2cccs2)CC3=O)cc1. The molecular weight excluding hydrogens is 292 g/mol. The Hall–Kier alpha value is -2.20. The molecular formula is C18H16N2OS. The third kappa shape index (κ3) is 2.20. The van der Waals surface area contributed by atoms with Crippen molar-refractivity contribution in [2.24, 2.45) is 0 Å². The largest absolute Gasteiger partial charge is 0.294 e. The first-order chi connectivity index (χ1) is 10.7. The minimum Gasteiger partial charge on any atom is -0.294 e. The number of carbonyl (C=O) groups excluding carboxylic acids is 1. The molecule has 4 heteroatoms. The highest BCUT2D eigenvalue weighted by Crippen LogP contribution is 2.35. The van der Waals surface area contributed by atoms with E-state index in [0.717, 1.165) is 23.4 Å². The summed E-state index contributed by atoms with van der Waals surface area (Å²) >= 11 is 1.73. The van der Waals surface area contributed by atoms with Gasteiger partial charge in [0.25, 0.3) is 0 Å². The van der Waals surface area contributed by atoms with Gasteiger partial charge in [-0.3, -0.25) is 4.79 Å². The summed E-state index contributed by atoms with van der Waals surface area (Å²) in [7, 11) is 0. The minimum atomic E-state index is 0.206. The van der Waals surface area contributed by atoms with Crippen molar-refractivity contribution in [1.29, 1.82) is 0 Å². The zero-order valence-corrected chi connectivity index (χ0v) is 13.1. The summed E-state index contributed by atoms with van der Waals surface area (Å²) in [6, 6.07) is 12.4. The van der Waals surface area contributed by atoms with Gasteiger partial charge in [0.15, 0.2) is 5.78 Å². The molecule has 0 unspecified atom stereocenters. The molecule has 1 aliphatic rings. The van der Waals surface area contributed by atoms with E-state index in [2.05, 4.69) is 53.8 Å². The van der Waals surface area contributed by atoms with Crippen LogP contribution in [0.3, 0.4) is 0 Å². The molecule has 0 spiro atoms. The first kappa shape index (κ1) is 13.5. The molecule has 3 aromatic rings. The third-order valence-corrected chi connectivity index (χ3v) is 5.30. The number of aromatic nitrogens is 2. The number of aryl methyl sites for hydroxylation is 1. The van der Waals surface area contributed by atoms with Crippen LogP contribution in [0.15, 0.2) is 48.0 Å². The molecule has 0 saturated heterocycles. The zero-order valence-electron chi connectivity index (χ0n) is 12.3. The number of Topliss-reactive ketones (excluding diaryl/α,β-unsaturated/α-hetero) is 1. The maximum absolute atomic E-state index is 12.4. The fourth-order valence-corrected chi connectivity index (χ4v) is 3.91. The molecule has 3 nitrogen and oxygen atoms in total. The number of hydrogen-bond donors (Lipinski definition) is 0. The Balaban J connectivity index is 1.76. The molecule has 4 rings (SSSR count). The van der Waals surface area contributed by atoms with Crippen LogP contribution >= 0.6 is 11.3 Å². The lowest BCUT2D eigenvalue weighted by Gasteiger charge is -2.21. The van der Waals surface area contributed by atoms with Gasteiger partial charge in [0.1, 0.15) is 0 Å². The Morgan fingerprint density at radius 1 is 1.18 bits per heavy atom. The Morgan fingerprint density at radius 2 is 2.00 bits per heavy atom. The predicted octanol–water partition coefficient (Wildman–Crippen LogP) is 4.15. The number of nitrogens with zero attached hydrogens (tertiary/aromatic N) is 2. The van der Waals surface area contributed by atoms with Gasteiger partial charge in [-0.2, -0.15) is 5.10 Å². The van der Waals surface area contributed by atoms with Crippen LogP contribution in [0.1, 0.15) is 38.8 Å². The smallest absolute Gasteiger partial charge is 0.166 e. The number of carbonyl (C=O) groups is 1. The Bertz CT molecular complexity index is 815. The van der Waals surface area contributed by atoms with E-state index in [4.69, 9.17) is 0 Å². The van der Waals surface area contributed by atoms with Crippen molar-refractivity contribution < 1.29 is 4.79 Å². The lowest BCUT2D eigenvalue weighted by Crippen LogP contribution is -2.19. The molecule has 0 fully saturated rings. The summed E-state index contributed by atoms with van der Waals surface area (Å²) < 4.78 is 1.92. The van der Waals surface area contributed by atoms with Crippen LogP contribution < -0.4 is 0 Å². The molecule has 0 N–H and O–H groups in total. The highest BCUT2D eigenvalue weighted by molar-refractivity contribution is 7.10. The highest BCUT2D eigenvalue weighted by atomic mass is 32.1. The van der Waals surface area contributed by atoms with Crippen LogP contribution in [-0.2, 0) is 6.42 Å². The van der Waals surface area contributed by atoms with Gasteiger partial charge in [-0.1, -0.05) is 23.8 Å². The molecule has 0 bridgehead atoms. The summed E-state index contributed by atoms with van der Waals surface area (Å²) in [6.45, 7) is 2.07. The van der Waals surface area contributed by atoms with Crippen molar-refractivity contribution in [3.63, 3.8) is 0 Å². The van der Waals surface area contributed by atoms with Crippen LogP contribution in [0.5, 0.6) is 0 Å². The Morgan fingerprint density at radius 3 is 2.73 bits per heavy atom. The zero-order chi connectivity index (χ0) is 15.1. The van der Waals surface area contributed by atoms with Gasteiger partial charge in [-0.05, 0) is 36.9 Å². The number of thiophene rings is 1. The molecule has 2 heterocycles. The number of fused-ring (bicyclic) bond motifs is 1. The molecule has 0 saturated carbocycles. The van der Waals surface area contributed by atoms with Crippen molar-refractivity contribution in [1.82, 2.24) is 9.78 Å². The highest BCUT2D eigenvalue weighted by Gasteiger charge is 2.30. The number of benzene rings is 1. The van der Waals surface area contributed by atoms with Crippen LogP contribution in [0, 0.1) is 6.92 Å². The van der Waals surface area contributed by atoms with Crippen molar-refractivity contribution in [2.75, 3.05) is 0 Å². The molecule has 1 aromatic carbocycles. The van der Waals surface area contributed by atoms with E-state index in [1.807, 2.05) is 4.68 Å². The quantitative estimate of drug-likeness (QED) is 0.712. The fraction of sp³-hybridized carbons (Fsp3) is 0.222. The Labute approximate surface area is 133 Å². The van der Waals surface area contributed by atoms with Gasteiger partial charge in [0.2, 0.25) is 0 Å². The first-order valence-corrected chi connectivity index (χ1v) is 8.31. The van der Waals surface area contributed by atoms with Crippen molar-refractivity contribution in [2.45, 2.75) is 25.7 Å². The second kappa shape index (κ2) is 5.21. The van der Waals surface area contributed by atoms with E-state index >= 15 is 0 Å². The monoisotopic (exact) mass is 308 g/mol. The lowest BCUT2D eigenvalue weighted by atomic mass is 9.86. The maximum Gasteiger partial charge on any atom is 0.166 e. The molecule has 1 aliphatic carbocycles. The van der Waals surface area contributed by atoms with Gasteiger partial charge in [-0.15, -0.1) is 11.3 Å². The minimum absolute atomic E-state index is 0.206. The van der Waals surface area contributed by atoms with Crippen LogP contribution in [-0.4, -0.2) is 15.6 Å². The average Bonchev–Trinajstić information content (AvgIpc) is 3.17. The Kier molecular flexibility index (Phi) is 3.19. The summed E-state index contributed by atoms with van der Waals surface area (Å²) in [5.41, 5.74) is 4.07. The number of hydrogen-bond acceptors (Lipinski definition) is 3. The predicted molar refractivity (Wildman–Crippen MR) is 88.0 cm³/mol. The molecule has 0 amide bonds. The van der Waals surface area contributed by atoms with Gasteiger partial charge < -0.3 is 0 Å². The average molecular weight is 308 g/mol. The second-order valence-corrected chi connectivity index (χ2v) is 6.78. The van der Waals surface area contributed by atoms with E-state index in [-0.39, 0.29) is 11.7 Å². The van der Waals surface area contributed by atoms with E-state index in [1.54, 1.807) is 17.5 Å². The standard InChI is InChI=1S/C18H16N2OS/c1-12-4-6-14(7-5-12)20-16-9-13(18-3-2-8-22-18)10-17(21)15(16)11-19-20/h2-8,11,13H,9-10H2,1H3/t13-/m0/s1. The van der Waals surface area contributed by atoms with E-state index < -0.39 is 0 Å². The van der Waals surface area contributed by atoms with E-state index in [0.29, 0.717) is 6.42 Å². The van der Waals surface area contributed by atoms with Crippen LogP contribution in [0.25, 0.3) is 5.69 Å². The lowest BCUT2D eigenvalue weighted by molar-refractivity contribution is 0.0964. The summed E-state index contributed by atoms with van der Waals surface area (Å²) in [4.78, 5) is 13.7. The third-order valence-electron chi connectivity index (χ3n) is 4.26. The van der Waals surface area contributed by atoms with Crippen molar-refractivity contribution >= 4 is 17.1 Å². The molecule has 110 valence electrons. The summed E-state index contributed by atoms with van der Waals surface area (Å²) in [6.07, 6.45) is 3.19. The molecule has 0 aliphatic heterocycles. The molecule has 22 heavy (non-hydrogen) atoms. The van der Waals surface area contributed by atoms with Crippen molar-refractivity contribution in [3.8, 4) is 5.69 Å².